The van der Waals surface area contributed by atoms with Gasteiger partial charge in [0.05, 0.1) is 5.56 Å². The molecule has 0 saturated carbocycles. The number of ether oxygens (including phenoxy) is 1. The summed E-state index contributed by atoms with van der Waals surface area (Å²) in [5.41, 5.74) is 7.74. The molecule has 2 aromatic carbocycles. The number of benzene rings is 2. The van der Waals surface area contributed by atoms with Crippen molar-refractivity contribution in [2.24, 2.45) is 0 Å². The lowest BCUT2D eigenvalue weighted by molar-refractivity contribution is -0.125. The third-order valence-corrected chi connectivity index (χ3v) is 5.02. The number of carbonyl (C=O) groups excluding carboxylic acids is 1. The average molecular weight is 443 g/mol. The Bertz CT molecular complexity index is 1130. The van der Waals surface area contributed by atoms with Crippen LogP contribution in [-0.2, 0) is 4.79 Å². The maximum absolute atomic E-state index is 11.2. The van der Waals surface area contributed by atoms with Gasteiger partial charge in [0, 0.05) is 20.1 Å². The van der Waals surface area contributed by atoms with Crippen LogP contribution in [-0.4, -0.2) is 40.9 Å². The Morgan fingerprint density at radius 3 is 2.33 bits per heavy atom. The number of amides is 1. The van der Waals surface area contributed by atoms with Gasteiger partial charge in [0.15, 0.2) is 0 Å². The molecule has 8 nitrogen and oxygen atoms in total. The Balaban J connectivity index is 0.000000235. The quantitative estimate of drug-likeness (QED) is 0.448. The SMILES string of the molecule is C=C(C#N)C(=O)N1CCCC1.CNc1ncnc(N)c1-c1ccc(Oc2ccccc2)cc1. The molecule has 1 aromatic heterocycles. The molecule has 3 N–H and O–H groups in total. The number of aromatic nitrogens is 2. The van der Waals surface area contributed by atoms with Gasteiger partial charge in [0.1, 0.15) is 41.1 Å². The molecule has 4 rings (SSSR count). The molecule has 1 aliphatic rings. The van der Waals surface area contributed by atoms with E-state index < -0.39 is 0 Å². The van der Waals surface area contributed by atoms with Crippen molar-refractivity contribution in [3.05, 3.63) is 73.1 Å². The van der Waals surface area contributed by atoms with E-state index in [9.17, 15) is 4.79 Å². The molecule has 0 spiro atoms. The minimum Gasteiger partial charge on any atom is -0.457 e. The highest BCUT2D eigenvalue weighted by Gasteiger charge is 2.19. The molecular weight excluding hydrogens is 416 g/mol. The minimum absolute atomic E-state index is 0.0481. The monoisotopic (exact) mass is 442 g/mol. The van der Waals surface area contributed by atoms with E-state index in [0.717, 1.165) is 48.6 Å². The zero-order chi connectivity index (χ0) is 23.6. The molecule has 3 aromatic rings. The number of nitrogens with two attached hydrogens (primary N) is 1. The van der Waals surface area contributed by atoms with Crippen LogP contribution in [0.15, 0.2) is 73.1 Å². The van der Waals surface area contributed by atoms with Gasteiger partial charge in [-0.15, -0.1) is 0 Å². The third-order valence-electron chi connectivity index (χ3n) is 5.02. The van der Waals surface area contributed by atoms with Crippen molar-refractivity contribution >= 4 is 17.5 Å². The normalized spacial score (nSPS) is 12.2. The first-order valence-electron chi connectivity index (χ1n) is 10.5. The summed E-state index contributed by atoms with van der Waals surface area (Å²) in [4.78, 5) is 21.1. The van der Waals surface area contributed by atoms with Crippen molar-refractivity contribution < 1.29 is 9.53 Å². The molecule has 2 heterocycles. The highest BCUT2D eigenvalue weighted by atomic mass is 16.5. The van der Waals surface area contributed by atoms with Crippen LogP contribution >= 0.6 is 0 Å². The Morgan fingerprint density at radius 2 is 1.73 bits per heavy atom. The number of likely N-dealkylation sites (tertiary alicyclic amines) is 1. The van der Waals surface area contributed by atoms with E-state index >= 15 is 0 Å². The lowest BCUT2D eigenvalue weighted by atomic mass is 10.1. The third kappa shape index (κ3) is 6.08. The lowest BCUT2D eigenvalue weighted by Gasteiger charge is -2.12. The molecule has 8 heteroatoms. The number of hydrogen-bond acceptors (Lipinski definition) is 7. The molecule has 1 saturated heterocycles. The van der Waals surface area contributed by atoms with Crippen molar-refractivity contribution in [3.8, 4) is 28.7 Å². The average Bonchev–Trinajstić information content (AvgIpc) is 3.40. The van der Waals surface area contributed by atoms with Crippen molar-refractivity contribution in [3.63, 3.8) is 0 Å². The molecule has 1 amide bonds. The number of para-hydroxylation sites is 1. The zero-order valence-corrected chi connectivity index (χ0v) is 18.5. The van der Waals surface area contributed by atoms with Gasteiger partial charge in [0.25, 0.3) is 5.91 Å². The van der Waals surface area contributed by atoms with Gasteiger partial charge < -0.3 is 20.7 Å². The van der Waals surface area contributed by atoms with Gasteiger partial charge in [-0.3, -0.25) is 4.79 Å². The van der Waals surface area contributed by atoms with Gasteiger partial charge in [0.2, 0.25) is 0 Å². The van der Waals surface area contributed by atoms with Crippen LogP contribution in [0.5, 0.6) is 11.5 Å². The summed E-state index contributed by atoms with van der Waals surface area (Å²) in [6, 6.07) is 19.1. The molecule has 0 radical (unpaired) electrons. The van der Waals surface area contributed by atoms with Crippen LogP contribution in [0.2, 0.25) is 0 Å². The number of nitriles is 1. The first kappa shape index (κ1) is 23.3. The van der Waals surface area contributed by atoms with Gasteiger partial charge >= 0.3 is 0 Å². The lowest BCUT2D eigenvalue weighted by Crippen LogP contribution is -2.28. The standard InChI is InChI=1S/C17H16N4O.C8H10N2O/c1-19-17-15(16(18)20-11-21-17)12-7-9-14(10-8-12)22-13-5-3-2-4-6-13;1-7(6-9)8(11)10-4-2-3-5-10/h2-11H,1H3,(H3,18,19,20,21);1-5H2. The topological polar surface area (TPSA) is 117 Å². The Morgan fingerprint density at radius 1 is 1.09 bits per heavy atom. The second-order valence-electron chi connectivity index (χ2n) is 7.26. The summed E-state index contributed by atoms with van der Waals surface area (Å²) in [6.07, 6.45) is 3.53. The minimum atomic E-state index is -0.204. The molecule has 0 aliphatic carbocycles. The molecule has 33 heavy (non-hydrogen) atoms. The first-order valence-corrected chi connectivity index (χ1v) is 10.5. The zero-order valence-electron chi connectivity index (χ0n) is 18.5. The fourth-order valence-electron chi connectivity index (χ4n) is 3.35. The number of nitrogens with zero attached hydrogens (tertiary/aromatic N) is 4. The van der Waals surface area contributed by atoms with Crippen molar-refractivity contribution in [1.82, 2.24) is 14.9 Å². The highest BCUT2D eigenvalue weighted by molar-refractivity contribution is 5.96. The van der Waals surface area contributed by atoms with E-state index in [-0.39, 0.29) is 11.5 Å². The second kappa shape index (κ2) is 11.3. The fraction of sp³-hybridized carbons (Fsp3) is 0.200. The second-order valence-corrected chi connectivity index (χ2v) is 7.26. The van der Waals surface area contributed by atoms with E-state index in [1.807, 2.05) is 54.6 Å². The number of nitrogen functional groups attached to an aromatic ring is 1. The predicted molar refractivity (Wildman–Crippen MR) is 129 cm³/mol. The van der Waals surface area contributed by atoms with Crippen LogP contribution in [0, 0.1) is 11.3 Å². The van der Waals surface area contributed by atoms with Gasteiger partial charge in [-0.05, 0) is 42.7 Å². The van der Waals surface area contributed by atoms with E-state index in [0.29, 0.717) is 11.6 Å². The summed E-state index contributed by atoms with van der Waals surface area (Å²) in [5, 5.41) is 11.4. The maximum atomic E-state index is 11.2. The number of hydrogen-bond donors (Lipinski definition) is 2. The molecular formula is C25H26N6O2. The Hall–Kier alpha value is -4.38. The van der Waals surface area contributed by atoms with Gasteiger partial charge in [-0.2, -0.15) is 5.26 Å². The van der Waals surface area contributed by atoms with E-state index in [4.69, 9.17) is 15.7 Å². The molecule has 168 valence electrons. The van der Waals surface area contributed by atoms with Crippen LogP contribution in [0.25, 0.3) is 11.1 Å². The molecule has 0 bridgehead atoms. The molecule has 1 fully saturated rings. The summed E-state index contributed by atoms with van der Waals surface area (Å²) in [7, 11) is 1.80. The smallest absolute Gasteiger partial charge is 0.263 e. The van der Waals surface area contributed by atoms with Crippen molar-refractivity contribution in [2.75, 3.05) is 31.2 Å². The van der Waals surface area contributed by atoms with Crippen LogP contribution in [0.3, 0.4) is 0 Å². The molecule has 0 atom stereocenters. The van der Waals surface area contributed by atoms with Crippen LogP contribution < -0.4 is 15.8 Å². The molecule has 0 unspecified atom stereocenters. The van der Waals surface area contributed by atoms with Gasteiger partial charge in [-0.25, -0.2) is 9.97 Å². The van der Waals surface area contributed by atoms with Gasteiger partial charge in [-0.1, -0.05) is 36.9 Å². The van der Waals surface area contributed by atoms with E-state index in [1.54, 1.807) is 18.0 Å². The Kier molecular flexibility index (Phi) is 7.97. The van der Waals surface area contributed by atoms with Crippen molar-refractivity contribution in [1.29, 1.82) is 5.26 Å². The summed E-state index contributed by atoms with van der Waals surface area (Å²) < 4.78 is 5.78. The van der Waals surface area contributed by atoms with Crippen LogP contribution in [0.1, 0.15) is 12.8 Å². The van der Waals surface area contributed by atoms with Crippen molar-refractivity contribution in [2.45, 2.75) is 12.8 Å². The number of rotatable bonds is 5. The fourth-order valence-corrected chi connectivity index (χ4v) is 3.35. The van der Waals surface area contributed by atoms with Crippen LogP contribution in [0.4, 0.5) is 11.6 Å². The summed E-state index contributed by atoms with van der Waals surface area (Å²) in [5.74, 6) is 2.50. The number of anilines is 2. The predicted octanol–water partition coefficient (Wildman–Crippen LogP) is 4.25. The number of nitrogens with one attached hydrogen (secondary N) is 1. The van der Waals surface area contributed by atoms with E-state index in [1.165, 1.54) is 6.33 Å². The maximum Gasteiger partial charge on any atom is 0.263 e. The largest absolute Gasteiger partial charge is 0.457 e. The van der Waals surface area contributed by atoms with E-state index in [2.05, 4.69) is 21.9 Å². The Labute approximate surface area is 193 Å². The summed E-state index contributed by atoms with van der Waals surface area (Å²) in [6.45, 7) is 4.92. The first-order chi connectivity index (χ1) is 16.0. The number of carbonyl (C=O) groups is 1. The summed E-state index contributed by atoms with van der Waals surface area (Å²) >= 11 is 0. The highest BCUT2D eigenvalue weighted by Crippen LogP contribution is 2.32. The molecule has 1 aliphatic heterocycles.